The largest absolute Gasteiger partial charge is 0.351 e. The molecule has 2 aromatic rings. The molecule has 10 heteroatoms. The van der Waals surface area contributed by atoms with E-state index in [0.717, 1.165) is 6.20 Å². The maximum absolute atomic E-state index is 12.7. The molecule has 7 nitrogen and oxygen atoms in total. The number of hydrogen-bond acceptors (Lipinski definition) is 5. The number of nitrogens with one attached hydrogen (secondary N) is 1. The predicted molar refractivity (Wildman–Crippen MR) is 84.4 cm³/mol. The first kappa shape index (κ1) is 17.9. The van der Waals surface area contributed by atoms with Gasteiger partial charge in [-0.1, -0.05) is 0 Å². The van der Waals surface area contributed by atoms with Crippen LogP contribution in [0.2, 0.25) is 0 Å². The number of imidazole rings is 1. The number of halogens is 2. The number of amides is 1. The minimum Gasteiger partial charge on any atom is -0.351 e. The van der Waals surface area contributed by atoms with Crippen LogP contribution in [0.1, 0.15) is 22.7 Å². The molecule has 0 radical (unpaired) electrons. The van der Waals surface area contributed by atoms with Gasteiger partial charge in [-0.3, -0.25) is 19.5 Å². The third-order valence-electron chi connectivity index (χ3n) is 3.24. The fraction of sp³-hybridized carbons (Fsp3) is 0.286. The lowest BCUT2D eigenvalue weighted by Gasteiger charge is -2.08. The SMILES string of the molecule is CSc1ccc([N+](=O)[O-])c(C(=O)NCCc2nccn2C(F)F)c1. The highest BCUT2D eigenvalue weighted by Gasteiger charge is 2.20. The number of aromatic nitrogens is 2. The Morgan fingerprint density at radius 3 is 2.88 bits per heavy atom. The Bertz CT molecular complexity index is 751. The van der Waals surface area contributed by atoms with Gasteiger partial charge in [0.15, 0.2) is 0 Å². The van der Waals surface area contributed by atoms with Crippen molar-refractivity contribution in [3.05, 3.63) is 52.1 Å². The van der Waals surface area contributed by atoms with E-state index in [4.69, 9.17) is 0 Å². The van der Waals surface area contributed by atoms with Gasteiger partial charge in [0.1, 0.15) is 11.4 Å². The summed E-state index contributed by atoms with van der Waals surface area (Å²) in [6, 6.07) is 4.25. The van der Waals surface area contributed by atoms with Crippen LogP contribution >= 0.6 is 11.8 Å². The highest BCUT2D eigenvalue weighted by Crippen LogP contribution is 2.24. The van der Waals surface area contributed by atoms with Crippen LogP contribution in [0.3, 0.4) is 0 Å². The number of hydrogen-bond donors (Lipinski definition) is 1. The van der Waals surface area contributed by atoms with Crippen LogP contribution in [-0.2, 0) is 6.42 Å². The van der Waals surface area contributed by atoms with Gasteiger partial charge in [0.2, 0.25) is 0 Å². The Morgan fingerprint density at radius 2 is 2.25 bits per heavy atom. The van der Waals surface area contributed by atoms with E-state index < -0.39 is 17.4 Å². The zero-order valence-electron chi connectivity index (χ0n) is 12.6. The Balaban J connectivity index is 2.07. The molecule has 2 rings (SSSR count). The van der Waals surface area contributed by atoms with Crippen molar-refractivity contribution in [1.29, 1.82) is 0 Å². The highest BCUT2D eigenvalue weighted by molar-refractivity contribution is 7.98. The van der Waals surface area contributed by atoms with Gasteiger partial charge >= 0.3 is 6.55 Å². The van der Waals surface area contributed by atoms with E-state index in [-0.39, 0.29) is 30.0 Å². The molecule has 1 heterocycles. The van der Waals surface area contributed by atoms with Gasteiger partial charge in [-0.05, 0) is 18.4 Å². The van der Waals surface area contributed by atoms with E-state index in [0.29, 0.717) is 9.46 Å². The number of nitrogens with zero attached hydrogens (tertiary/aromatic N) is 3. The first-order valence-corrected chi connectivity index (χ1v) is 8.07. The lowest BCUT2D eigenvalue weighted by molar-refractivity contribution is -0.385. The molecular formula is C14H14F2N4O3S. The van der Waals surface area contributed by atoms with Crippen molar-refractivity contribution in [3.8, 4) is 0 Å². The van der Waals surface area contributed by atoms with Gasteiger partial charge in [0.05, 0.1) is 4.92 Å². The van der Waals surface area contributed by atoms with Crippen LogP contribution in [0.4, 0.5) is 14.5 Å². The molecule has 0 bridgehead atoms. The molecule has 0 aliphatic carbocycles. The summed E-state index contributed by atoms with van der Waals surface area (Å²) in [7, 11) is 0. The molecule has 24 heavy (non-hydrogen) atoms. The van der Waals surface area contributed by atoms with Crippen molar-refractivity contribution in [1.82, 2.24) is 14.9 Å². The fourth-order valence-electron chi connectivity index (χ4n) is 2.08. The molecule has 0 fully saturated rings. The maximum Gasteiger partial charge on any atom is 0.319 e. The molecule has 0 atom stereocenters. The van der Waals surface area contributed by atoms with Crippen LogP contribution in [0.15, 0.2) is 35.5 Å². The average molecular weight is 356 g/mol. The summed E-state index contributed by atoms with van der Waals surface area (Å²) in [6.45, 7) is -2.68. The van der Waals surface area contributed by atoms with E-state index in [1.54, 1.807) is 12.3 Å². The summed E-state index contributed by atoms with van der Waals surface area (Å²) in [5.74, 6) is -0.509. The normalized spacial score (nSPS) is 10.8. The standard InChI is InChI=1S/C14H14F2N4O3S/c1-24-9-2-3-11(20(22)23)10(8-9)13(21)18-5-4-12-17-6-7-19(12)14(15)16/h2-3,6-8,14H,4-5H2,1H3,(H,18,21). The summed E-state index contributed by atoms with van der Waals surface area (Å²) in [5, 5.41) is 13.5. The second kappa shape index (κ2) is 7.86. The van der Waals surface area contributed by atoms with Crippen LogP contribution in [0, 0.1) is 10.1 Å². The zero-order valence-corrected chi connectivity index (χ0v) is 13.4. The Morgan fingerprint density at radius 1 is 1.50 bits per heavy atom. The molecule has 128 valence electrons. The van der Waals surface area contributed by atoms with E-state index in [1.165, 1.54) is 30.1 Å². The lowest BCUT2D eigenvalue weighted by Crippen LogP contribution is -2.27. The average Bonchev–Trinajstić information content (AvgIpc) is 3.02. The number of nitro groups is 1. The number of benzene rings is 1. The molecule has 1 amide bonds. The predicted octanol–water partition coefficient (Wildman–Crippen LogP) is 2.88. The third-order valence-corrected chi connectivity index (χ3v) is 3.96. The number of carbonyl (C=O) groups excluding carboxylic acids is 1. The summed E-state index contributed by atoms with van der Waals surface area (Å²) in [6.07, 6.45) is 4.26. The number of thioether (sulfide) groups is 1. The summed E-state index contributed by atoms with van der Waals surface area (Å²) < 4.78 is 26.1. The minimum atomic E-state index is -2.71. The molecule has 1 aromatic heterocycles. The minimum absolute atomic E-state index is 0.0310. The number of nitro benzene ring substituents is 1. The van der Waals surface area contributed by atoms with E-state index >= 15 is 0 Å². The van der Waals surface area contributed by atoms with E-state index in [2.05, 4.69) is 10.3 Å². The number of alkyl halides is 2. The van der Waals surface area contributed by atoms with Crippen LogP contribution in [-0.4, -0.2) is 33.2 Å². The molecule has 0 aliphatic heterocycles. The molecule has 0 aliphatic rings. The number of rotatable bonds is 7. The van der Waals surface area contributed by atoms with Crippen LogP contribution in [0.5, 0.6) is 0 Å². The molecule has 1 aromatic carbocycles. The second-order valence-corrected chi connectivity index (χ2v) is 5.55. The first-order chi connectivity index (χ1) is 11.4. The summed E-state index contributed by atoms with van der Waals surface area (Å²) in [4.78, 5) is 27.1. The van der Waals surface area contributed by atoms with Gasteiger partial charge in [-0.2, -0.15) is 8.78 Å². The maximum atomic E-state index is 12.7. The monoisotopic (exact) mass is 356 g/mol. The van der Waals surface area contributed by atoms with Gasteiger partial charge in [0.25, 0.3) is 11.6 Å². The smallest absolute Gasteiger partial charge is 0.319 e. The molecular weight excluding hydrogens is 342 g/mol. The molecule has 1 N–H and O–H groups in total. The van der Waals surface area contributed by atoms with Crippen molar-refractivity contribution in [2.45, 2.75) is 17.9 Å². The summed E-state index contributed by atoms with van der Waals surface area (Å²) >= 11 is 1.35. The van der Waals surface area contributed by atoms with Crippen LogP contribution in [0.25, 0.3) is 0 Å². The highest BCUT2D eigenvalue weighted by atomic mass is 32.2. The van der Waals surface area contributed by atoms with Gasteiger partial charge in [0, 0.05) is 36.3 Å². The fourth-order valence-corrected chi connectivity index (χ4v) is 2.52. The van der Waals surface area contributed by atoms with Gasteiger partial charge in [-0.15, -0.1) is 11.8 Å². The number of carbonyl (C=O) groups is 1. The quantitative estimate of drug-likeness (QED) is 0.468. The van der Waals surface area contributed by atoms with Crippen molar-refractivity contribution in [2.24, 2.45) is 0 Å². The van der Waals surface area contributed by atoms with Gasteiger partial charge in [-0.25, -0.2) is 4.98 Å². The Kier molecular flexibility index (Phi) is 5.85. The van der Waals surface area contributed by atoms with E-state index in [1.807, 2.05) is 0 Å². The molecule has 0 saturated carbocycles. The summed E-state index contributed by atoms with van der Waals surface area (Å²) in [5.41, 5.74) is -0.372. The second-order valence-electron chi connectivity index (χ2n) is 4.67. The Labute approximate surface area is 140 Å². The van der Waals surface area contributed by atoms with Crippen molar-refractivity contribution in [3.63, 3.8) is 0 Å². The Hall–Kier alpha value is -2.49. The third kappa shape index (κ3) is 4.07. The topological polar surface area (TPSA) is 90.1 Å². The van der Waals surface area contributed by atoms with Crippen molar-refractivity contribution >= 4 is 23.4 Å². The first-order valence-electron chi connectivity index (χ1n) is 6.84. The van der Waals surface area contributed by atoms with E-state index in [9.17, 15) is 23.7 Å². The van der Waals surface area contributed by atoms with Crippen LogP contribution < -0.4 is 5.32 Å². The molecule has 0 unspecified atom stereocenters. The van der Waals surface area contributed by atoms with Crippen molar-refractivity contribution in [2.75, 3.05) is 12.8 Å². The molecule has 0 spiro atoms. The van der Waals surface area contributed by atoms with Gasteiger partial charge < -0.3 is 5.32 Å². The molecule has 0 saturated heterocycles. The zero-order chi connectivity index (χ0) is 17.7. The van der Waals surface area contributed by atoms with Crippen molar-refractivity contribution < 1.29 is 18.5 Å². The lowest BCUT2D eigenvalue weighted by atomic mass is 10.1.